The van der Waals surface area contributed by atoms with E-state index in [1.165, 1.54) is 11.1 Å². The SMILES string of the molecule is CC[C@@H](Oc1cccc(Cl)c1)C(=O)N[C@H](C)c1ccc(C)cc1C. The van der Waals surface area contributed by atoms with E-state index >= 15 is 0 Å². The number of carbonyl (C=O) groups is 1. The predicted octanol–water partition coefficient (Wildman–Crippen LogP) is 4.99. The highest BCUT2D eigenvalue weighted by molar-refractivity contribution is 6.30. The molecule has 3 nitrogen and oxygen atoms in total. The average Bonchev–Trinajstić information content (AvgIpc) is 2.52. The van der Waals surface area contributed by atoms with Crippen LogP contribution in [0.1, 0.15) is 43.0 Å². The van der Waals surface area contributed by atoms with E-state index in [2.05, 4.69) is 37.4 Å². The van der Waals surface area contributed by atoms with Crippen LogP contribution in [0, 0.1) is 13.8 Å². The molecule has 0 unspecified atom stereocenters. The van der Waals surface area contributed by atoms with E-state index < -0.39 is 6.10 Å². The Morgan fingerprint density at radius 2 is 1.96 bits per heavy atom. The molecule has 1 N–H and O–H groups in total. The van der Waals surface area contributed by atoms with Gasteiger partial charge in [-0.25, -0.2) is 0 Å². The Morgan fingerprint density at radius 1 is 1.21 bits per heavy atom. The summed E-state index contributed by atoms with van der Waals surface area (Å²) in [5, 5.41) is 3.63. The summed E-state index contributed by atoms with van der Waals surface area (Å²) in [5.74, 6) is 0.480. The molecule has 2 aromatic carbocycles. The van der Waals surface area contributed by atoms with Gasteiger partial charge in [0, 0.05) is 5.02 Å². The van der Waals surface area contributed by atoms with Gasteiger partial charge >= 0.3 is 0 Å². The van der Waals surface area contributed by atoms with Gasteiger partial charge < -0.3 is 10.1 Å². The third kappa shape index (κ3) is 4.75. The Morgan fingerprint density at radius 3 is 2.58 bits per heavy atom. The number of aryl methyl sites for hydroxylation is 2. The van der Waals surface area contributed by atoms with Gasteiger partial charge in [0.2, 0.25) is 0 Å². The fourth-order valence-corrected chi connectivity index (χ4v) is 2.90. The summed E-state index contributed by atoms with van der Waals surface area (Å²) in [6.45, 7) is 8.04. The van der Waals surface area contributed by atoms with Gasteiger partial charge in [0.15, 0.2) is 6.10 Å². The minimum Gasteiger partial charge on any atom is -0.481 e. The highest BCUT2D eigenvalue weighted by atomic mass is 35.5. The second kappa shape index (κ2) is 8.20. The molecule has 0 spiro atoms. The van der Waals surface area contributed by atoms with Crippen molar-refractivity contribution in [2.24, 2.45) is 0 Å². The van der Waals surface area contributed by atoms with Gasteiger partial charge in [0.25, 0.3) is 5.91 Å². The van der Waals surface area contributed by atoms with Gasteiger partial charge in [-0.05, 0) is 56.5 Å². The molecule has 0 bridgehead atoms. The van der Waals surface area contributed by atoms with Gasteiger partial charge in [-0.1, -0.05) is 48.4 Å². The Hall–Kier alpha value is -2.00. The zero-order valence-electron chi connectivity index (χ0n) is 14.6. The van der Waals surface area contributed by atoms with Crippen molar-refractivity contribution in [1.29, 1.82) is 0 Å². The van der Waals surface area contributed by atoms with Crippen molar-refractivity contribution in [2.75, 3.05) is 0 Å². The Balaban J connectivity index is 2.05. The molecule has 0 saturated carbocycles. The molecule has 0 heterocycles. The lowest BCUT2D eigenvalue weighted by molar-refractivity contribution is -0.128. The quantitative estimate of drug-likeness (QED) is 0.800. The molecule has 0 saturated heterocycles. The largest absolute Gasteiger partial charge is 0.481 e. The average molecular weight is 346 g/mol. The standard InChI is InChI=1S/C20H24ClNO2/c1-5-19(24-17-8-6-7-16(21)12-17)20(23)22-15(4)18-10-9-13(2)11-14(18)3/h6-12,15,19H,5H2,1-4H3,(H,22,23)/t15-,19-/m1/s1. The van der Waals surface area contributed by atoms with Crippen LogP contribution in [0.5, 0.6) is 5.75 Å². The number of nitrogens with one attached hydrogen (secondary N) is 1. The number of amides is 1. The Kier molecular flexibility index (Phi) is 6.27. The molecule has 4 heteroatoms. The van der Waals surface area contributed by atoms with Crippen LogP contribution in [0.4, 0.5) is 0 Å². The van der Waals surface area contributed by atoms with E-state index in [1.807, 2.05) is 13.8 Å². The number of benzene rings is 2. The molecule has 1 amide bonds. The fraction of sp³-hybridized carbons (Fsp3) is 0.350. The van der Waals surface area contributed by atoms with Crippen LogP contribution in [-0.2, 0) is 4.79 Å². The second-order valence-electron chi connectivity index (χ2n) is 6.06. The van der Waals surface area contributed by atoms with E-state index in [0.29, 0.717) is 17.2 Å². The summed E-state index contributed by atoms with van der Waals surface area (Å²) in [6, 6.07) is 13.3. The maximum atomic E-state index is 12.6. The molecule has 2 atom stereocenters. The molecule has 0 aromatic heterocycles. The third-order valence-electron chi connectivity index (χ3n) is 3.99. The normalized spacial score (nSPS) is 13.2. The third-order valence-corrected chi connectivity index (χ3v) is 4.22. The summed E-state index contributed by atoms with van der Waals surface area (Å²) >= 11 is 5.97. The molecule has 2 rings (SSSR count). The van der Waals surface area contributed by atoms with E-state index in [9.17, 15) is 4.79 Å². The van der Waals surface area contributed by atoms with Crippen LogP contribution in [0.25, 0.3) is 0 Å². The minimum atomic E-state index is -0.545. The zero-order chi connectivity index (χ0) is 17.7. The van der Waals surface area contributed by atoms with Gasteiger partial charge in [-0.15, -0.1) is 0 Å². The summed E-state index contributed by atoms with van der Waals surface area (Å²) in [7, 11) is 0. The van der Waals surface area contributed by atoms with Gasteiger partial charge in [0.1, 0.15) is 5.75 Å². The smallest absolute Gasteiger partial charge is 0.261 e. The Labute approximate surface area is 149 Å². The van der Waals surface area contributed by atoms with Crippen LogP contribution in [0.15, 0.2) is 42.5 Å². The zero-order valence-corrected chi connectivity index (χ0v) is 15.4. The molecule has 128 valence electrons. The molecular formula is C20H24ClNO2. The number of rotatable bonds is 6. The molecule has 0 aliphatic rings. The number of carbonyl (C=O) groups excluding carboxylic acids is 1. The van der Waals surface area contributed by atoms with Crippen molar-refractivity contribution in [3.05, 3.63) is 64.2 Å². The van der Waals surface area contributed by atoms with Crippen molar-refractivity contribution in [1.82, 2.24) is 5.32 Å². The summed E-state index contributed by atoms with van der Waals surface area (Å²) in [6.07, 6.45) is 0.0365. The molecule has 0 radical (unpaired) electrons. The van der Waals surface area contributed by atoms with Crippen molar-refractivity contribution in [2.45, 2.75) is 46.3 Å². The van der Waals surface area contributed by atoms with Crippen LogP contribution >= 0.6 is 11.6 Å². The van der Waals surface area contributed by atoms with Crippen LogP contribution < -0.4 is 10.1 Å². The number of ether oxygens (including phenoxy) is 1. The lowest BCUT2D eigenvalue weighted by atomic mass is 10.00. The summed E-state index contributed by atoms with van der Waals surface area (Å²) < 4.78 is 5.80. The summed E-state index contributed by atoms with van der Waals surface area (Å²) in [5.41, 5.74) is 3.50. The number of halogens is 1. The van der Waals surface area contributed by atoms with Crippen LogP contribution in [-0.4, -0.2) is 12.0 Å². The molecule has 0 aliphatic carbocycles. The maximum Gasteiger partial charge on any atom is 0.261 e. The lowest BCUT2D eigenvalue weighted by Crippen LogP contribution is -2.39. The maximum absolute atomic E-state index is 12.6. The minimum absolute atomic E-state index is 0.0740. The van der Waals surface area contributed by atoms with Gasteiger partial charge in [-0.3, -0.25) is 4.79 Å². The van der Waals surface area contributed by atoms with Crippen molar-refractivity contribution >= 4 is 17.5 Å². The first kappa shape index (κ1) is 18.3. The molecular weight excluding hydrogens is 322 g/mol. The lowest BCUT2D eigenvalue weighted by Gasteiger charge is -2.22. The topological polar surface area (TPSA) is 38.3 Å². The fourth-order valence-electron chi connectivity index (χ4n) is 2.72. The number of hydrogen-bond acceptors (Lipinski definition) is 2. The van der Waals surface area contributed by atoms with Crippen LogP contribution in [0.3, 0.4) is 0 Å². The predicted molar refractivity (Wildman–Crippen MR) is 98.6 cm³/mol. The van der Waals surface area contributed by atoms with E-state index in [1.54, 1.807) is 24.3 Å². The van der Waals surface area contributed by atoms with Crippen LogP contribution in [0.2, 0.25) is 5.02 Å². The molecule has 0 aliphatic heterocycles. The van der Waals surface area contributed by atoms with Crippen molar-refractivity contribution in [3.8, 4) is 5.75 Å². The van der Waals surface area contributed by atoms with E-state index in [-0.39, 0.29) is 11.9 Å². The highest BCUT2D eigenvalue weighted by Crippen LogP contribution is 2.21. The number of hydrogen-bond donors (Lipinski definition) is 1. The Bertz CT molecular complexity index is 715. The summed E-state index contributed by atoms with van der Waals surface area (Å²) in [4.78, 5) is 12.6. The van der Waals surface area contributed by atoms with Gasteiger partial charge in [-0.2, -0.15) is 0 Å². The van der Waals surface area contributed by atoms with E-state index in [4.69, 9.17) is 16.3 Å². The van der Waals surface area contributed by atoms with E-state index in [0.717, 1.165) is 5.56 Å². The molecule has 0 fully saturated rings. The first-order valence-corrected chi connectivity index (χ1v) is 8.58. The first-order valence-electron chi connectivity index (χ1n) is 8.20. The second-order valence-corrected chi connectivity index (χ2v) is 6.50. The van der Waals surface area contributed by atoms with Crippen molar-refractivity contribution < 1.29 is 9.53 Å². The van der Waals surface area contributed by atoms with Gasteiger partial charge in [0.05, 0.1) is 6.04 Å². The van der Waals surface area contributed by atoms with Crippen molar-refractivity contribution in [3.63, 3.8) is 0 Å². The first-order chi connectivity index (χ1) is 11.4. The highest BCUT2D eigenvalue weighted by Gasteiger charge is 2.21. The molecule has 2 aromatic rings. The monoisotopic (exact) mass is 345 g/mol. The molecule has 24 heavy (non-hydrogen) atoms.